The van der Waals surface area contributed by atoms with Gasteiger partial charge in [-0.25, -0.2) is 0 Å². The van der Waals surface area contributed by atoms with Crippen LogP contribution in [-0.4, -0.2) is 80.6 Å². The minimum atomic E-state index is -1.07. The largest absolute Gasteiger partial charge is 0.388 e. The van der Waals surface area contributed by atoms with E-state index in [2.05, 4.69) is 0 Å². The molecule has 8 rings (SSSR count). The van der Waals surface area contributed by atoms with Crippen molar-refractivity contribution >= 4 is 0 Å². The Hall–Kier alpha value is -4.30. The van der Waals surface area contributed by atoms with Gasteiger partial charge >= 0.3 is 0 Å². The number of aliphatic hydroxyl groups is 1. The van der Waals surface area contributed by atoms with Gasteiger partial charge in [0.15, 0.2) is 12.6 Å². The quantitative estimate of drug-likeness (QED) is 0.101. The average Bonchev–Trinajstić information content (AvgIpc) is 3.29. The first-order valence-corrected chi connectivity index (χ1v) is 20.5. The van der Waals surface area contributed by atoms with Gasteiger partial charge in [0.2, 0.25) is 0 Å². The summed E-state index contributed by atoms with van der Waals surface area (Å²) in [5.41, 5.74) is 4.91. The van der Waals surface area contributed by atoms with Crippen LogP contribution in [0.2, 0.25) is 0 Å². The summed E-state index contributed by atoms with van der Waals surface area (Å²) in [5.74, 6) is -0.137. The van der Waals surface area contributed by atoms with E-state index in [-0.39, 0.29) is 25.7 Å². The lowest BCUT2D eigenvalue weighted by molar-refractivity contribution is -0.342. The minimum Gasteiger partial charge on any atom is -0.388 e. The fraction of sp³-hybridized carbons (Fsp3) is 0.388. The summed E-state index contributed by atoms with van der Waals surface area (Å²) in [4.78, 5) is 0. The van der Waals surface area contributed by atoms with Crippen molar-refractivity contribution in [3.63, 3.8) is 0 Å². The van der Waals surface area contributed by atoms with Gasteiger partial charge in [-0.3, -0.25) is 0 Å². The second-order valence-electron chi connectivity index (χ2n) is 15.4. The van der Waals surface area contributed by atoms with Crippen molar-refractivity contribution in [3.05, 3.63) is 179 Å². The molecule has 59 heavy (non-hydrogen) atoms. The summed E-state index contributed by atoms with van der Waals surface area (Å²) in [7, 11) is 1.60. The van der Waals surface area contributed by atoms with Gasteiger partial charge in [0.1, 0.15) is 36.6 Å². The van der Waals surface area contributed by atoms with Crippen molar-refractivity contribution in [1.29, 1.82) is 0 Å². The van der Waals surface area contributed by atoms with Gasteiger partial charge in [-0.2, -0.15) is 0 Å². The predicted octanol–water partition coefficient (Wildman–Crippen LogP) is 7.58. The molecule has 0 radical (unpaired) electrons. The summed E-state index contributed by atoms with van der Waals surface area (Å²) in [5, 5.41) is 12.4. The molecule has 10 heteroatoms. The van der Waals surface area contributed by atoms with Crippen molar-refractivity contribution in [2.24, 2.45) is 5.92 Å². The van der Waals surface area contributed by atoms with E-state index in [0.717, 1.165) is 27.8 Å². The Labute approximate surface area is 346 Å². The van der Waals surface area contributed by atoms with E-state index < -0.39 is 61.4 Å². The predicted molar refractivity (Wildman–Crippen MR) is 220 cm³/mol. The van der Waals surface area contributed by atoms with Gasteiger partial charge in [0, 0.05) is 18.6 Å². The van der Waals surface area contributed by atoms with Crippen molar-refractivity contribution in [2.75, 3.05) is 20.3 Å². The maximum Gasteiger partial charge on any atom is 0.186 e. The Morgan fingerprint density at radius 2 is 1.05 bits per heavy atom. The molecule has 0 unspecified atom stereocenters. The molecule has 11 atom stereocenters. The molecule has 10 nitrogen and oxygen atoms in total. The normalized spacial score (nSPS) is 29.4. The Balaban J connectivity index is 1.09. The monoisotopic (exact) mass is 802 g/mol. The number of ether oxygens (including phenoxy) is 9. The maximum absolute atomic E-state index is 12.4. The van der Waals surface area contributed by atoms with Crippen molar-refractivity contribution in [1.82, 2.24) is 0 Å². The molecule has 3 fully saturated rings. The van der Waals surface area contributed by atoms with Gasteiger partial charge in [-0.05, 0) is 28.7 Å². The zero-order chi connectivity index (χ0) is 40.2. The smallest absolute Gasteiger partial charge is 0.186 e. The van der Waals surface area contributed by atoms with Crippen LogP contribution in [0.5, 0.6) is 0 Å². The Morgan fingerprint density at radius 1 is 0.559 bits per heavy atom. The van der Waals surface area contributed by atoms with Gasteiger partial charge in [-0.1, -0.05) is 152 Å². The fourth-order valence-electron chi connectivity index (χ4n) is 8.21. The molecule has 310 valence electrons. The zero-order valence-electron chi connectivity index (χ0n) is 33.4. The third kappa shape index (κ3) is 10.7. The molecule has 1 aliphatic carbocycles. The van der Waals surface area contributed by atoms with E-state index in [1.165, 1.54) is 0 Å². The average molecular weight is 803 g/mol. The highest BCUT2D eigenvalue weighted by Gasteiger charge is 2.54. The second-order valence-corrected chi connectivity index (χ2v) is 15.4. The van der Waals surface area contributed by atoms with E-state index >= 15 is 0 Å². The molecule has 3 aliphatic rings. The lowest BCUT2D eigenvalue weighted by Gasteiger charge is -2.51. The SMILES string of the molecule is CO[C@H]1O[C@H](COCc2ccccc2)[C@@H](O[C@@H]2C[C@@H]3CO[C@@H](c4ccccc4)O[C@H]3[C@H](OCc3ccccc3)[C@@H]2O)[C@H](OCc2ccccc2)[C@H]1OCc1ccccc1. The Bertz CT molecular complexity index is 1940. The maximum atomic E-state index is 12.4. The number of fused-ring (bicyclic) bond motifs is 1. The first-order valence-electron chi connectivity index (χ1n) is 20.5. The number of aliphatic hydroxyl groups excluding tert-OH is 1. The molecule has 1 N–H and O–H groups in total. The zero-order valence-corrected chi connectivity index (χ0v) is 33.4. The molecule has 5 aromatic rings. The number of hydrogen-bond donors (Lipinski definition) is 1. The van der Waals surface area contributed by atoms with Crippen molar-refractivity contribution in [2.45, 2.75) is 94.3 Å². The van der Waals surface area contributed by atoms with Crippen molar-refractivity contribution in [3.8, 4) is 0 Å². The van der Waals surface area contributed by atoms with Crippen LogP contribution in [-0.2, 0) is 69.1 Å². The van der Waals surface area contributed by atoms with Gasteiger partial charge in [0.05, 0.1) is 51.8 Å². The summed E-state index contributed by atoms with van der Waals surface area (Å²) in [6, 6.07) is 49.7. The number of hydrogen-bond acceptors (Lipinski definition) is 10. The second kappa shape index (κ2) is 20.8. The molecule has 2 heterocycles. The third-order valence-electron chi connectivity index (χ3n) is 11.3. The van der Waals surface area contributed by atoms with Crippen LogP contribution in [0.4, 0.5) is 0 Å². The van der Waals surface area contributed by atoms with Crippen LogP contribution >= 0.6 is 0 Å². The molecule has 2 saturated heterocycles. The minimum absolute atomic E-state index is 0.137. The van der Waals surface area contributed by atoms with Crippen LogP contribution < -0.4 is 0 Å². The van der Waals surface area contributed by atoms with Crippen LogP contribution in [0.1, 0.15) is 40.5 Å². The number of methoxy groups -OCH3 is 1. The Kier molecular flexibility index (Phi) is 14.6. The van der Waals surface area contributed by atoms with E-state index in [1.807, 2.05) is 152 Å². The van der Waals surface area contributed by atoms with E-state index in [9.17, 15) is 5.11 Å². The molecule has 0 amide bonds. The molecule has 5 aromatic carbocycles. The topological polar surface area (TPSA) is 103 Å². The molecule has 0 bridgehead atoms. The Morgan fingerprint density at radius 3 is 1.59 bits per heavy atom. The molecule has 0 aromatic heterocycles. The van der Waals surface area contributed by atoms with E-state index in [1.54, 1.807) is 7.11 Å². The molecular weight excluding hydrogens is 749 g/mol. The highest BCUT2D eigenvalue weighted by molar-refractivity contribution is 5.18. The van der Waals surface area contributed by atoms with Gasteiger partial charge in [-0.15, -0.1) is 0 Å². The summed E-state index contributed by atoms with van der Waals surface area (Å²) in [6.45, 7) is 1.81. The summed E-state index contributed by atoms with van der Waals surface area (Å²) in [6.07, 6.45) is -6.72. The fourth-order valence-corrected chi connectivity index (χ4v) is 8.21. The van der Waals surface area contributed by atoms with E-state index in [4.69, 9.17) is 42.6 Å². The molecule has 0 spiro atoms. The summed E-state index contributed by atoms with van der Waals surface area (Å²) >= 11 is 0. The van der Waals surface area contributed by atoms with Crippen LogP contribution in [0.3, 0.4) is 0 Å². The van der Waals surface area contributed by atoms with Crippen molar-refractivity contribution < 1.29 is 47.7 Å². The number of benzene rings is 5. The highest BCUT2D eigenvalue weighted by Crippen LogP contribution is 2.41. The lowest BCUT2D eigenvalue weighted by atomic mass is 9.80. The number of rotatable bonds is 17. The van der Waals surface area contributed by atoms with Crippen LogP contribution in [0.25, 0.3) is 0 Å². The first kappa shape index (κ1) is 41.4. The summed E-state index contributed by atoms with van der Waals surface area (Å²) < 4.78 is 59.4. The molecule has 1 saturated carbocycles. The molecule has 2 aliphatic heterocycles. The van der Waals surface area contributed by atoms with Crippen LogP contribution in [0, 0.1) is 5.92 Å². The first-order chi connectivity index (χ1) is 29.1. The van der Waals surface area contributed by atoms with E-state index in [0.29, 0.717) is 26.2 Å². The molecular formula is C49H54O10. The highest BCUT2D eigenvalue weighted by atomic mass is 16.7. The van der Waals surface area contributed by atoms with Gasteiger partial charge in [0.25, 0.3) is 0 Å². The lowest BCUT2D eigenvalue weighted by Crippen LogP contribution is -2.65. The van der Waals surface area contributed by atoms with Crippen LogP contribution in [0.15, 0.2) is 152 Å². The third-order valence-corrected chi connectivity index (χ3v) is 11.3. The standard InChI is InChI=1S/C49H54O10/c1-51-49-47(55-31-37-23-13-5-14-24-37)46(54-30-36-21-11-4-12-22-36)44(41(58-49)33-52-28-34-17-7-2-8-18-34)57-40-27-39-32-56-48(38-25-15-6-16-26-38)59-43(39)45(42(40)50)53-29-35-19-9-3-10-20-35/h2-26,39-50H,27-33H2,1H3/t39-,40-,41-,42-,43-,44-,45-,46+,47-,48-,49+/m1/s1. The van der Waals surface area contributed by atoms with Gasteiger partial charge < -0.3 is 47.7 Å².